The highest BCUT2D eigenvalue weighted by atomic mass is 19.1. The van der Waals surface area contributed by atoms with E-state index in [4.69, 9.17) is 10.3 Å². The zero-order chi connectivity index (χ0) is 15.7. The Bertz CT molecular complexity index is 698. The van der Waals surface area contributed by atoms with Gasteiger partial charge in [0.2, 0.25) is 5.82 Å². The first kappa shape index (κ1) is 14.9. The van der Waals surface area contributed by atoms with Gasteiger partial charge in [0.1, 0.15) is 5.82 Å². The number of rotatable bonds is 4. The predicted molar refractivity (Wildman–Crippen MR) is 71.5 cm³/mol. The molecule has 1 heterocycles. The summed E-state index contributed by atoms with van der Waals surface area (Å²) in [5.41, 5.74) is 4.52. The van der Waals surface area contributed by atoms with Crippen molar-refractivity contribution in [3.63, 3.8) is 0 Å². The van der Waals surface area contributed by atoms with Crippen LogP contribution in [0.4, 0.5) is 20.3 Å². The van der Waals surface area contributed by atoms with Crippen molar-refractivity contribution in [3.05, 3.63) is 39.4 Å². The fourth-order valence-corrected chi connectivity index (χ4v) is 2.01. The Balaban J connectivity index is 2.67. The molecule has 0 unspecified atom stereocenters. The smallest absolute Gasteiger partial charge is 0.305 e. The molecule has 0 spiro atoms. The van der Waals surface area contributed by atoms with E-state index < -0.39 is 27.8 Å². The van der Waals surface area contributed by atoms with Gasteiger partial charge in [0.15, 0.2) is 11.6 Å². The SMILES string of the molecule is CC(C)Cc1c(N)noc1-c1c(F)ccc([N+](=O)[O-])c1F. The highest BCUT2D eigenvalue weighted by Gasteiger charge is 2.28. The number of hydrogen-bond acceptors (Lipinski definition) is 5. The number of aromatic nitrogens is 1. The van der Waals surface area contributed by atoms with Gasteiger partial charge in [-0.3, -0.25) is 10.1 Å². The van der Waals surface area contributed by atoms with Crippen LogP contribution in [0.2, 0.25) is 0 Å². The van der Waals surface area contributed by atoms with Crippen molar-refractivity contribution in [3.8, 4) is 11.3 Å². The summed E-state index contributed by atoms with van der Waals surface area (Å²) in [5.74, 6) is -2.33. The predicted octanol–water partition coefficient (Wildman–Crippen LogP) is 3.31. The van der Waals surface area contributed by atoms with Gasteiger partial charge in [0.05, 0.1) is 10.5 Å². The molecule has 0 radical (unpaired) electrons. The van der Waals surface area contributed by atoms with E-state index in [0.717, 1.165) is 12.1 Å². The Morgan fingerprint density at radius 2 is 2.10 bits per heavy atom. The molecule has 0 aliphatic carbocycles. The third-order valence-electron chi connectivity index (χ3n) is 2.93. The van der Waals surface area contributed by atoms with E-state index in [1.165, 1.54) is 0 Å². The largest absolute Gasteiger partial charge is 0.381 e. The zero-order valence-electron chi connectivity index (χ0n) is 11.4. The van der Waals surface area contributed by atoms with Crippen LogP contribution in [0.3, 0.4) is 0 Å². The topological polar surface area (TPSA) is 95.2 Å². The molecule has 0 bridgehead atoms. The average Bonchev–Trinajstić information content (AvgIpc) is 2.71. The van der Waals surface area contributed by atoms with Gasteiger partial charge in [0, 0.05) is 11.6 Å². The maximum absolute atomic E-state index is 14.2. The molecule has 0 saturated carbocycles. The quantitative estimate of drug-likeness (QED) is 0.690. The van der Waals surface area contributed by atoms with Crippen molar-refractivity contribution in [2.75, 3.05) is 5.73 Å². The van der Waals surface area contributed by atoms with Crippen LogP contribution < -0.4 is 5.73 Å². The first-order valence-corrected chi connectivity index (χ1v) is 6.19. The molecule has 2 N–H and O–H groups in total. The fraction of sp³-hybridized carbons (Fsp3) is 0.308. The summed E-state index contributed by atoms with van der Waals surface area (Å²) in [6, 6.07) is 1.57. The van der Waals surface area contributed by atoms with Crippen LogP contribution in [0.5, 0.6) is 0 Å². The van der Waals surface area contributed by atoms with E-state index in [9.17, 15) is 18.9 Å². The monoisotopic (exact) mass is 297 g/mol. The van der Waals surface area contributed by atoms with Crippen LogP contribution in [0.1, 0.15) is 19.4 Å². The number of anilines is 1. The highest BCUT2D eigenvalue weighted by Crippen LogP contribution is 2.36. The molecule has 8 heteroatoms. The Morgan fingerprint density at radius 3 is 2.67 bits per heavy atom. The third kappa shape index (κ3) is 2.69. The van der Waals surface area contributed by atoms with E-state index >= 15 is 0 Å². The molecule has 112 valence electrons. The second-order valence-corrected chi connectivity index (χ2v) is 4.99. The van der Waals surface area contributed by atoms with Gasteiger partial charge < -0.3 is 10.3 Å². The highest BCUT2D eigenvalue weighted by molar-refractivity contribution is 5.69. The second kappa shape index (κ2) is 5.47. The standard InChI is InChI=1S/C13H13F2N3O3/c1-6(2)5-7-12(21-17-13(7)16)10-8(14)3-4-9(11(10)15)18(19)20/h3-4,6H,5H2,1-2H3,(H2,16,17). The van der Waals surface area contributed by atoms with Crippen LogP contribution in [0.15, 0.2) is 16.7 Å². The van der Waals surface area contributed by atoms with E-state index in [2.05, 4.69) is 5.16 Å². The van der Waals surface area contributed by atoms with Crippen LogP contribution >= 0.6 is 0 Å². The van der Waals surface area contributed by atoms with Crippen LogP contribution in [-0.4, -0.2) is 10.1 Å². The Labute approximate surface area is 118 Å². The summed E-state index contributed by atoms with van der Waals surface area (Å²) in [7, 11) is 0. The van der Waals surface area contributed by atoms with Gasteiger partial charge in [-0.2, -0.15) is 4.39 Å². The van der Waals surface area contributed by atoms with Gasteiger partial charge in [-0.15, -0.1) is 0 Å². The summed E-state index contributed by atoms with van der Waals surface area (Å²) in [5, 5.41) is 14.3. The van der Waals surface area contributed by atoms with E-state index in [0.29, 0.717) is 12.0 Å². The fourth-order valence-electron chi connectivity index (χ4n) is 2.01. The minimum atomic E-state index is -1.30. The number of hydrogen-bond donors (Lipinski definition) is 1. The van der Waals surface area contributed by atoms with Crippen LogP contribution in [-0.2, 0) is 6.42 Å². The molecule has 0 saturated heterocycles. The molecule has 0 fully saturated rings. The van der Waals surface area contributed by atoms with E-state index in [1.54, 1.807) is 0 Å². The first-order valence-electron chi connectivity index (χ1n) is 6.19. The lowest BCUT2D eigenvalue weighted by atomic mass is 9.99. The molecule has 0 aliphatic rings. The van der Waals surface area contributed by atoms with Gasteiger partial charge >= 0.3 is 5.69 Å². The molecular formula is C13H13F2N3O3. The average molecular weight is 297 g/mol. The minimum absolute atomic E-state index is 0.0176. The molecule has 6 nitrogen and oxygen atoms in total. The summed E-state index contributed by atoms with van der Waals surface area (Å²) in [6.45, 7) is 3.77. The lowest BCUT2D eigenvalue weighted by Crippen LogP contribution is -2.02. The first-order chi connectivity index (χ1) is 9.82. The van der Waals surface area contributed by atoms with Crippen molar-refractivity contribution in [1.82, 2.24) is 5.16 Å². The molecule has 21 heavy (non-hydrogen) atoms. The molecule has 0 amide bonds. The number of nitrogen functional groups attached to an aromatic ring is 1. The molecule has 1 aromatic carbocycles. The van der Waals surface area contributed by atoms with Crippen LogP contribution in [0, 0.1) is 27.7 Å². The molecule has 2 aromatic rings. The van der Waals surface area contributed by atoms with Crippen molar-refractivity contribution in [2.24, 2.45) is 5.92 Å². The molecular weight excluding hydrogens is 284 g/mol. The lowest BCUT2D eigenvalue weighted by molar-refractivity contribution is -0.387. The van der Waals surface area contributed by atoms with Crippen molar-refractivity contribution >= 4 is 11.5 Å². The maximum Gasteiger partial charge on any atom is 0.305 e. The van der Waals surface area contributed by atoms with Gasteiger partial charge in [0.25, 0.3) is 0 Å². The number of nitro groups is 1. The Kier molecular flexibility index (Phi) is 3.88. The third-order valence-corrected chi connectivity index (χ3v) is 2.93. The summed E-state index contributed by atoms with van der Waals surface area (Å²) in [6.07, 6.45) is 0.381. The van der Waals surface area contributed by atoms with Gasteiger partial charge in [-0.05, 0) is 18.4 Å². The number of benzene rings is 1. The summed E-state index contributed by atoms with van der Waals surface area (Å²) in [4.78, 5) is 9.83. The summed E-state index contributed by atoms with van der Waals surface area (Å²) < 4.78 is 33.0. The van der Waals surface area contributed by atoms with Crippen molar-refractivity contribution in [2.45, 2.75) is 20.3 Å². The van der Waals surface area contributed by atoms with Crippen molar-refractivity contribution < 1.29 is 18.2 Å². The van der Waals surface area contributed by atoms with Gasteiger partial charge in [-0.1, -0.05) is 19.0 Å². The molecule has 1 aromatic heterocycles. The number of nitrogens with zero attached hydrogens (tertiary/aromatic N) is 2. The lowest BCUT2D eigenvalue weighted by Gasteiger charge is -2.07. The normalized spacial score (nSPS) is 11.1. The molecule has 0 aliphatic heterocycles. The van der Waals surface area contributed by atoms with Gasteiger partial charge in [-0.25, -0.2) is 4.39 Å². The summed E-state index contributed by atoms with van der Waals surface area (Å²) >= 11 is 0. The van der Waals surface area contributed by atoms with E-state index in [-0.39, 0.29) is 17.5 Å². The number of nitro benzene ring substituents is 1. The number of halogens is 2. The minimum Gasteiger partial charge on any atom is -0.381 e. The second-order valence-electron chi connectivity index (χ2n) is 4.99. The van der Waals surface area contributed by atoms with Crippen molar-refractivity contribution in [1.29, 1.82) is 0 Å². The Morgan fingerprint density at radius 1 is 1.43 bits per heavy atom. The Hall–Kier alpha value is -2.51. The van der Waals surface area contributed by atoms with Crippen LogP contribution in [0.25, 0.3) is 11.3 Å². The number of nitrogens with two attached hydrogens (primary N) is 1. The van der Waals surface area contributed by atoms with E-state index in [1.807, 2.05) is 13.8 Å². The zero-order valence-corrected chi connectivity index (χ0v) is 11.4. The molecule has 2 rings (SSSR count). The maximum atomic E-state index is 14.2. The molecule has 0 atom stereocenters.